The molecule has 3 N–H and O–H groups in total. The summed E-state index contributed by atoms with van der Waals surface area (Å²) in [7, 11) is 0. The van der Waals surface area contributed by atoms with Crippen LogP contribution in [0.5, 0.6) is 0 Å². The van der Waals surface area contributed by atoms with Gasteiger partial charge in [0.1, 0.15) is 0 Å². The van der Waals surface area contributed by atoms with Gasteiger partial charge in [0.25, 0.3) is 0 Å². The van der Waals surface area contributed by atoms with Gasteiger partial charge in [0.2, 0.25) is 0 Å². The van der Waals surface area contributed by atoms with Crippen molar-refractivity contribution in [2.75, 3.05) is 5.73 Å². The topological polar surface area (TPSA) is 46.2 Å². The van der Waals surface area contributed by atoms with Gasteiger partial charge in [0.15, 0.2) is 0 Å². The second kappa shape index (κ2) is 3.35. The third kappa shape index (κ3) is 1.17. The van der Waals surface area contributed by atoms with Crippen LogP contribution in [-0.2, 0) is 13.0 Å². The van der Waals surface area contributed by atoms with Crippen molar-refractivity contribution in [2.24, 2.45) is 0 Å². The van der Waals surface area contributed by atoms with Crippen molar-refractivity contribution in [2.45, 2.75) is 13.0 Å². The first-order valence-electron chi connectivity index (χ1n) is 5.40. The summed E-state index contributed by atoms with van der Waals surface area (Å²) in [5.74, 6) is 0. The molecule has 0 aromatic heterocycles. The highest BCUT2D eigenvalue weighted by Crippen LogP contribution is 2.39. The van der Waals surface area contributed by atoms with E-state index in [0.717, 1.165) is 12.0 Å². The van der Waals surface area contributed by atoms with E-state index in [1.165, 1.54) is 22.3 Å². The fourth-order valence-corrected chi connectivity index (χ4v) is 2.48. The van der Waals surface area contributed by atoms with E-state index in [1.54, 1.807) is 0 Å². The molecule has 3 rings (SSSR count). The molecule has 0 saturated carbocycles. The Kier molecular flexibility index (Phi) is 1.98. The predicted octanol–water partition coefficient (Wildman–Crippen LogP) is 2.33. The Morgan fingerprint density at radius 2 is 1.88 bits per heavy atom. The van der Waals surface area contributed by atoms with Gasteiger partial charge >= 0.3 is 0 Å². The maximum Gasteiger partial charge on any atom is 0.0704 e. The summed E-state index contributed by atoms with van der Waals surface area (Å²) in [5, 5.41) is 9.38. The number of benzene rings is 2. The van der Waals surface area contributed by atoms with E-state index in [0.29, 0.717) is 5.69 Å². The van der Waals surface area contributed by atoms with Crippen molar-refractivity contribution in [3.63, 3.8) is 0 Å². The van der Waals surface area contributed by atoms with Crippen LogP contribution < -0.4 is 5.73 Å². The summed E-state index contributed by atoms with van der Waals surface area (Å²) in [6.07, 6.45) is 0.881. The first-order chi connectivity index (χ1) is 7.81. The number of nitrogens with two attached hydrogens (primary N) is 1. The van der Waals surface area contributed by atoms with Gasteiger partial charge in [-0.15, -0.1) is 0 Å². The van der Waals surface area contributed by atoms with Crippen molar-refractivity contribution in [1.82, 2.24) is 0 Å². The summed E-state index contributed by atoms with van der Waals surface area (Å²) in [5.41, 5.74) is 12.4. The highest BCUT2D eigenvalue weighted by Gasteiger charge is 2.21. The van der Waals surface area contributed by atoms with E-state index in [1.807, 2.05) is 18.2 Å². The Labute approximate surface area is 94.3 Å². The molecular formula is C14H13NO. The molecule has 2 heteroatoms. The van der Waals surface area contributed by atoms with Gasteiger partial charge in [-0.05, 0) is 34.7 Å². The maximum atomic E-state index is 9.38. The molecule has 1 aliphatic carbocycles. The average molecular weight is 211 g/mol. The average Bonchev–Trinajstić information content (AvgIpc) is 2.67. The third-order valence-electron chi connectivity index (χ3n) is 3.30. The fraction of sp³-hybridized carbons (Fsp3) is 0.143. The van der Waals surface area contributed by atoms with Crippen LogP contribution >= 0.6 is 0 Å². The van der Waals surface area contributed by atoms with Gasteiger partial charge < -0.3 is 10.8 Å². The lowest BCUT2D eigenvalue weighted by atomic mass is 10.0. The minimum atomic E-state index is 0.0169. The maximum absolute atomic E-state index is 9.38. The molecule has 1 aliphatic rings. The lowest BCUT2D eigenvalue weighted by Crippen LogP contribution is -1.99. The van der Waals surface area contributed by atoms with Gasteiger partial charge in [0, 0.05) is 11.3 Å². The lowest BCUT2D eigenvalue weighted by Gasteiger charge is -2.09. The number of hydrogen-bond acceptors (Lipinski definition) is 2. The van der Waals surface area contributed by atoms with Crippen LogP contribution in [0.2, 0.25) is 0 Å². The molecule has 0 heterocycles. The number of nitrogen functional groups attached to an aromatic ring is 1. The quantitative estimate of drug-likeness (QED) is 0.607. The van der Waals surface area contributed by atoms with Crippen molar-refractivity contribution >= 4 is 5.69 Å². The van der Waals surface area contributed by atoms with Gasteiger partial charge in [-0.2, -0.15) is 0 Å². The largest absolute Gasteiger partial charge is 0.398 e. The summed E-state index contributed by atoms with van der Waals surface area (Å²) in [6, 6.07) is 12.3. The van der Waals surface area contributed by atoms with E-state index in [4.69, 9.17) is 5.73 Å². The summed E-state index contributed by atoms with van der Waals surface area (Å²) >= 11 is 0. The number of aliphatic hydroxyl groups excluding tert-OH is 1. The van der Waals surface area contributed by atoms with Crippen LogP contribution in [0.4, 0.5) is 5.69 Å². The van der Waals surface area contributed by atoms with Gasteiger partial charge in [-0.25, -0.2) is 0 Å². The zero-order chi connectivity index (χ0) is 11.1. The first-order valence-corrected chi connectivity index (χ1v) is 5.40. The molecule has 0 bridgehead atoms. The predicted molar refractivity (Wildman–Crippen MR) is 65.0 cm³/mol. The Morgan fingerprint density at radius 3 is 2.69 bits per heavy atom. The number of hydrogen-bond donors (Lipinski definition) is 2. The molecule has 0 saturated heterocycles. The number of aliphatic hydroxyl groups is 1. The smallest absolute Gasteiger partial charge is 0.0704 e. The Morgan fingerprint density at radius 1 is 1.06 bits per heavy atom. The fourth-order valence-electron chi connectivity index (χ4n) is 2.48. The Bertz CT molecular complexity index is 561. The van der Waals surface area contributed by atoms with Crippen molar-refractivity contribution in [1.29, 1.82) is 0 Å². The number of rotatable bonds is 1. The van der Waals surface area contributed by atoms with E-state index < -0.39 is 0 Å². The molecule has 80 valence electrons. The Balaban J connectivity index is 2.28. The summed E-state index contributed by atoms with van der Waals surface area (Å²) in [4.78, 5) is 0. The Hall–Kier alpha value is -1.80. The van der Waals surface area contributed by atoms with E-state index >= 15 is 0 Å². The molecule has 0 atom stereocenters. The van der Waals surface area contributed by atoms with E-state index in [9.17, 15) is 5.11 Å². The molecule has 2 aromatic carbocycles. The van der Waals surface area contributed by atoms with Crippen molar-refractivity contribution in [3.05, 3.63) is 53.1 Å². The van der Waals surface area contributed by atoms with Gasteiger partial charge in [0.05, 0.1) is 6.61 Å². The molecule has 0 amide bonds. The summed E-state index contributed by atoms with van der Waals surface area (Å²) < 4.78 is 0. The number of anilines is 1. The monoisotopic (exact) mass is 211 g/mol. The highest BCUT2D eigenvalue weighted by atomic mass is 16.3. The van der Waals surface area contributed by atoms with E-state index in [-0.39, 0.29) is 6.61 Å². The lowest BCUT2D eigenvalue weighted by molar-refractivity contribution is 0.281. The van der Waals surface area contributed by atoms with Crippen LogP contribution in [-0.4, -0.2) is 5.11 Å². The molecule has 2 nitrogen and oxygen atoms in total. The van der Waals surface area contributed by atoms with Crippen LogP contribution in [0.3, 0.4) is 0 Å². The van der Waals surface area contributed by atoms with Crippen LogP contribution in [0.25, 0.3) is 11.1 Å². The van der Waals surface area contributed by atoms with Crippen LogP contribution in [0.15, 0.2) is 36.4 Å². The van der Waals surface area contributed by atoms with Crippen molar-refractivity contribution in [3.8, 4) is 11.1 Å². The second-order valence-electron chi connectivity index (χ2n) is 4.15. The molecule has 0 unspecified atom stereocenters. The molecule has 2 aromatic rings. The normalized spacial score (nSPS) is 12.3. The van der Waals surface area contributed by atoms with Crippen LogP contribution in [0.1, 0.15) is 16.7 Å². The zero-order valence-electron chi connectivity index (χ0n) is 8.90. The first kappa shape index (κ1) is 9.43. The molecule has 0 fully saturated rings. The highest BCUT2D eigenvalue weighted by molar-refractivity contribution is 5.80. The van der Waals surface area contributed by atoms with Crippen molar-refractivity contribution < 1.29 is 5.11 Å². The molecular weight excluding hydrogens is 198 g/mol. The van der Waals surface area contributed by atoms with Crippen LogP contribution in [0, 0.1) is 0 Å². The molecule has 0 aliphatic heterocycles. The second-order valence-corrected chi connectivity index (χ2v) is 4.15. The minimum Gasteiger partial charge on any atom is -0.398 e. The third-order valence-corrected chi connectivity index (χ3v) is 3.30. The van der Waals surface area contributed by atoms with E-state index in [2.05, 4.69) is 18.2 Å². The van der Waals surface area contributed by atoms with Gasteiger partial charge in [-0.3, -0.25) is 0 Å². The molecule has 16 heavy (non-hydrogen) atoms. The molecule has 0 spiro atoms. The number of fused-ring (bicyclic) bond motifs is 3. The zero-order valence-corrected chi connectivity index (χ0v) is 8.90. The standard InChI is InChI=1S/C14H13NO/c15-14-6-5-11-10-4-2-1-3-9(10)7-12(11)13(14)8-16/h1-6,16H,7-8,15H2. The van der Waals surface area contributed by atoms with Gasteiger partial charge in [-0.1, -0.05) is 30.3 Å². The molecule has 0 radical (unpaired) electrons. The SMILES string of the molecule is Nc1ccc2c(c1CO)Cc1ccccc1-2. The summed E-state index contributed by atoms with van der Waals surface area (Å²) in [6.45, 7) is 0.0169. The minimum absolute atomic E-state index is 0.0169.